The molecule has 0 heterocycles. The molecule has 0 bridgehead atoms. The highest BCUT2D eigenvalue weighted by Crippen LogP contribution is 2.13. The van der Waals surface area contributed by atoms with Crippen molar-refractivity contribution in [1.29, 1.82) is 0 Å². The minimum Gasteiger partial charge on any atom is -0.546 e. The number of carboxylic acid groups (broad SMARTS) is 1. The van der Waals surface area contributed by atoms with E-state index in [0.29, 0.717) is 0 Å². The smallest absolute Gasteiger partial charge is 0.339 e. The Morgan fingerprint density at radius 1 is 0.759 bits per heavy atom. The van der Waals surface area contributed by atoms with Crippen LogP contribution in [0.3, 0.4) is 0 Å². The summed E-state index contributed by atoms with van der Waals surface area (Å²) in [7, 11) is 0. The second-order valence-corrected chi connectivity index (χ2v) is 6.37. The molecule has 2 aromatic carbocycles. The monoisotopic (exact) mass is 398 g/mol. The van der Waals surface area contributed by atoms with Gasteiger partial charge in [-0.05, 0) is 38.1 Å². The third-order valence-corrected chi connectivity index (χ3v) is 3.68. The number of carbonyl (C=O) groups excluding carboxylic acids is 4. The van der Waals surface area contributed by atoms with E-state index in [-0.39, 0.29) is 17.2 Å². The van der Waals surface area contributed by atoms with Crippen LogP contribution in [0.25, 0.3) is 0 Å². The summed E-state index contributed by atoms with van der Waals surface area (Å²) in [4.78, 5) is 48.8. The number of benzene rings is 2. The predicted octanol–water partition coefficient (Wildman–Crippen LogP) is 0.712. The van der Waals surface area contributed by atoms with Gasteiger partial charge in [0.1, 0.15) is 0 Å². The maximum atomic E-state index is 12.5. The zero-order valence-electron chi connectivity index (χ0n) is 15.9. The van der Waals surface area contributed by atoms with Gasteiger partial charge in [0, 0.05) is 6.04 Å². The summed E-state index contributed by atoms with van der Waals surface area (Å²) in [6, 6.07) is 14.9. The third-order valence-electron chi connectivity index (χ3n) is 3.68. The first-order valence-corrected chi connectivity index (χ1v) is 8.83. The molecular formula is C21H20NO7-. The van der Waals surface area contributed by atoms with Crippen LogP contribution in [0.2, 0.25) is 0 Å². The van der Waals surface area contributed by atoms with Crippen LogP contribution in [0.1, 0.15) is 34.6 Å². The topological polar surface area (TPSA) is 122 Å². The van der Waals surface area contributed by atoms with E-state index in [0.717, 1.165) is 0 Å². The molecule has 0 unspecified atom stereocenters. The molecule has 1 amide bonds. The Morgan fingerprint density at radius 2 is 1.17 bits per heavy atom. The van der Waals surface area contributed by atoms with E-state index in [2.05, 4.69) is 5.32 Å². The normalized spacial score (nSPS) is 12.5. The highest BCUT2D eigenvalue weighted by Gasteiger charge is 2.37. The maximum Gasteiger partial charge on any atom is 0.339 e. The van der Waals surface area contributed by atoms with Gasteiger partial charge in [0.05, 0.1) is 17.1 Å². The zero-order chi connectivity index (χ0) is 21.4. The largest absolute Gasteiger partial charge is 0.546 e. The predicted molar refractivity (Wildman–Crippen MR) is 99.6 cm³/mol. The summed E-state index contributed by atoms with van der Waals surface area (Å²) in [5.74, 6) is -4.76. The lowest BCUT2D eigenvalue weighted by atomic mass is 10.1. The fourth-order valence-electron chi connectivity index (χ4n) is 2.37. The van der Waals surface area contributed by atoms with Crippen molar-refractivity contribution in [2.45, 2.75) is 32.1 Å². The molecule has 0 saturated carbocycles. The van der Waals surface area contributed by atoms with Crippen molar-refractivity contribution in [2.75, 3.05) is 0 Å². The van der Waals surface area contributed by atoms with Gasteiger partial charge in [-0.15, -0.1) is 0 Å². The lowest BCUT2D eigenvalue weighted by Crippen LogP contribution is -2.55. The minimum atomic E-state index is -2.14. The number of aliphatic carboxylic acids is 1. The quantitative estimate of drug-likeness (QED) is 0.650. The molecule has 8 nitrogen and oxygen atoms in total. The first-order valence-electron chi connectivity index (χ1n) is 8.83. The number of hydrogen-bond donors (Lipinski definition) is 1. The number of esters is 2. The molecule has 0 saturated heterocycles. The Hall–Kier alpha value is -3.68. The van der Waals surface area contributed by atoms with E-state index in [1.54, 1.807) is 50.2 Å². The van der Waals surface area contributed by atoms with Gasteiger partial charge in [-0.3, -0.25) is 4.79 Å². The molecule has 2 atom stereocenters. The van der Waals surface area contributed by atoms with Crippen LogP contribution in [0.15, 0.2) is 60.7 Å². The summed E-state index contributed by atoms with van der Waals surface area (Å²) >= 11 is 0. The van der Waals surface area contributed by atoms with Gasteiger partial charge in [0.15, 0.2) is 6.10 Å². The molecule has 0 spiro atoms. The van der Waals surface area contributed by atoms with E-state index in [1.165, 1.54) is 24.3 Å². The number of nitrogens with one attached hydrogen (secondary N) is 1. The van der Waals surface area contributed by atoms with Gasteiger partial charge in [0.25, 0.3) is 5.91 Å². The third kappa shape index (κ3) is 6.17. The van der Waals surface area contributed by atoms with Crippen molar-refractivity contribution < 1.29 is 33.8 Å². The summed E-state index contributed by atoms with van der Waals surface area (Å²) in [5.41, 5.74) is 0.164. The van der Waals surface area contributed by atoms with Crippen molar-refractivity contribution in [1.82, 2.24) is 5.32 Å². The molecule has 8 heteroatoms. The van der Waals surface area contributed by atoms with E-state index in [1.807, 2.05) is 0 Å². The van der Waals surface area contributed by atoms with E-state index >= 15 is 0 Å². The van der Waals surface area contributed by atoms with Gasteiger partial charge < -0.3 is 24.7 Å². The lowest BCUT2D eigenvalue weighted by Gasteiger charge is -2.27. The Kier molecular flexibility index (Phi) is 7.47. The highest BCUT2D eigenvalue weighted by molar-refractivity contribution is 5.96. The van der Waals surface area contributed by atoms with Crippen molar-refractivity contribution in [2.24, 2.45) is 0 Å². The summed E-state index contributed by atoms with van der Waals surface area (Å²) < 4.78 is 10.1. The van der Waals surface area contributed by atoms with Crippen molar-refractivity contribution in [3.05, 3.63) is 71.8 Å². The van der Waals surface area contributed by atoms with Gasteiger partial charge in [-0.2, -0.15) is 0 Å². The van der Waals surface area contributed by atoms with Crippen LogP contribution in [0.5, 0.6) is 0 Å². The summed E-state index contributed by atoms with van der Waals surface area (Å²) in [6.07, 6.45) is -4.09. The molecule has 29 heavy (non-hydrogen) atoms. The van der Waals surface area contributed by atoms with Crippen LogP contribution in [-0.4, -0.2) is 42.1 Å². The molecule has 0 radical (unpaired) electrons. The average molecular weight is 398 g/mol. The van der Waals surface area contributed by atoms with Crippen LogP contribution < -0.4 is 10.4 Å². The molecule has 1 N–H and O–H groups in total. The summed E-state index contributed by atoms with van der Waals surface area (Å²) in [5, 5.41) is 14.1. The zero-order valence-corrected chi connectivity index (χ0v) is 15.9. The molecule has 0 aromatic heterocycles. The Morgan fingerprint density at radius 3 is 1.55 bits per heavy atom. The number of carbonyl (C=O) groups is 4. The Balaban J connectivity index is 2.29. The first-order chi connectivity index (χ1) is 13.8. The fraction of sp³-hybridized carbons (Fsp3) is 0.238. The molecule has 152 valence electrons. The molecule has 2 aromatic rings. The lowest BCUT2D eigenvalue weighted by molar-refractivity contribution is -0.317. The second-order valence-electron chi connectivity index (χ2n) is 6.37. The van der Waals surface area contributed by atoms with Crippen LogP contribution in [0, 0.1) is 0 Å². The average Bonchev–Trinajstić information content (AvgIpc) is 2.70. The maximum absolute atomic E-state index is 12.5. The minimum absolute atomic E-state index is 0.0659. The SMILES string of the molecule is CC(C)NC(=O)[C@H](OC(=O)c1ccccc1)[C@@H](OC(=O)c1ccccc1)C(=O)[O-]. The Labute approximate surface area is 167 Å². The van der Waals surface area contributed by atoms with Gasteiger partial charge in [-0.25, -0.2) is 9.59 Å². The van der Waals surface area contributed by atoms with Crippen LogP contribution in [-0.2, 0) is 19.1 Å². The van der Waals surface area contributed by atoms with Gasteiger partial charge in [-0.1, -0.05) is 36.4 Å². The number of ether oxygens (including phenoxy) is 2. The van der Waals surface area contributed by atoms with Crippen molar-refractivity contribution in [3.8, 4) is 0 Å². The fourth-order valence-corrected chi connectivity index (χ4v) is 2.37. The molecule has 2 rings (SSSR count). The second kappa shape index (κ2) is 10.0. The molecular weight excluding hydrogens is 378 g/mol. The van der Waals surface area contributed by atoms with E-state index in [9.17, 15) is 24.3 Å². The van der Waals surface area contributed by atoms with Gasteiger partial charge >= 0.3 is 11.9 Å². The van der Waals surface area contributed by atoms with Crippen molar-refractivity contribution in [3.63, 3.8) is 0 Å². The number of amides is 1. The summed E-state index contributed by atoms with van der Waals surface area (Å²) in [6.45, 7) is 3.27. The van der Waals surface area contributed by atoms with Gasteiger partial charge in [0.2, 0.25) is 6.10 Å². The van der Waals surface area contributed by atoms with Crippen LogP contribution >= 0.6 is 0 Å². The van der Waals surface area contributed by atoms with Crippen LogP contribution in [0.4, 0.5) is 0 Å². The molecule has 0 aliphatic rings. The van der Waals surface area contributed by atoms with E-state index in [4.69, 9.17) is 9.47 Å². The molecule has 0 aliphatic heterocycles. The molecule has 0 aliphatic carbocycles. The molecule has 0 fully saturated rings. The first kappa shape index (κ1) is 21.6. The number of hydrogen-bond acceptors (Lipinski definition) is 7. The highest BCUT2D eigenvalue weighted by atomic mass is 16.6. The standard InChI is InChI=1S/C21H21NO7/c1-13(2)22-18(23)16(28-20(26)14-9-5-3-6-10-14)17(19(24)25)29-21(27)15-11-7-4-8-12-15/h3-13,16-17H,1-2H3,(H,22,23)(H,24,25)/p-1/t16-,17-/m1/s1. The van der Waals surface area contributed by atoms with E-state index < -0.39 is 36.0 Å². The number of carboxylic acids is 1. The Bertz CT molecular complexity index is 865. The number of rotatable bonds is 8. The van der Waals surface area contributed by atoms with Crippen molar-refractivity contribution >= 4 is 23.8 Å².